The third-order valence-corrected chi connectivity index (χ3v) is 5.82. The van der Waals surface area contributed by atoms with Crippen molar-refractivity contribution >= 4 is 5.69 Å². The number of piperazine rings is 1. The van der Waals surface area contributed by atoms with Gasteiger partial charge in [0.1, 0.15) is 5.75 Å². The van der Waals surface area contributed by atoms with E-state index in [9.17, 15) is 0 Å². The first-order valence-corrected chi connectivity index (χ1v) is 11.0. The minimum absolute atomic E-state index is 0.974. The van der Waals surface area contributed by atoms with Gasteiger partial charge in [-0.2, -0.15) is 0 Å². The number of benzene rings is 2. The van der Waals surface area contributed by atoms with Crippen LogP contribution in [0.1, 0.15) is 44.1 Å². The fraction of sp³-hybridized carbons (Fsp3) is 0.520. The van der Waals surface area contributed by atoms with E-state index >= 15 is 0 Å². The fourth-order valence-corrected chi connectivity index (χ4v) is 4.07. The third-order valence-electron chi connectivity index (χ3n) is 5.82. The van der Waals surface area contributed by atoms with Crippen LogP contribution in [-0.4, -0.2) is 44.7 Å². The van der Waals surface area contributed by atoms with Gasteiger partial charge >= 0.3 is 0 Å². The maximum atomic E-state index is 5.30. The predicted octanol–water partition coefficient (Wildman–Crippen LogP) is 5.40. The summed E-state index contributed by atoms with van der Waals surface area (Å²) in [5.74, 6) is 0.974. The number of nitrogens with zero attached hydrogens (tertiary/aromatic N) is 2. The highest BCUT2D eigenvalue weighted by Crippen LogP contribution is 2.17. The van der Waals surface area contributed by atoms with Crippen LogP contribution in [0.4, 0.5) is 5.69 Å². The summed E-state index contributed by atoms with van der Waals surface area (Å²) in [4.78, 5) is 5.15. The van der Waals surface area contributed by atoms with Gasteiger partial charge in [0.05, 0.1) is 7.11 Å². The van der Waals surface area contributed by atoms with Crippen molar-refractivity contribution in [1.29, 1.82) is 0 Å². The van der Waals surface area contributed by atoms with Crippen molar-refractivity contribution in [2.45, 2.75) is 44.9 Å². The van der Waals surface area contributed by atoms with E-state index in [2.05, 4.69) is 58.3 Å². The zero-order valence-corrected chi connectivity index (χ0v) is 17.5. The lowest BCUT2D eigenvalue weighted by Crippen LogP contribution is -2.46. The molecule has 0 aromatic heterocycles. The van der Waals surface area contributed by atoms with Gasteiger partial charge in [-0.15, -0.1) is 0 Å². The van der Waals surface area contributed by atoms with E-state index in [4.69, 9.17) is 4.74 Å². The van der Waals surface area contributed by atoms with E-state index < -0.39 is 0 Å². The molecule has 152 valence electrons. The van der Waals surface area contributed by atoms with Gasteiger partial charge in [-0.25, -0.2) is 0 Å². The molecule has 3 nitrogen and oxygen atoms in total. The molecule has 0 bridgehead atoms. The number of unbranched alkanes of at least 4 members (excludes halogenated alkanes) is 5. The van der Waals surface area contributed by atoms with Gasteiger partial charge in [0, 0.05) is 31.9 Å². The van der Waals surface area contributed by atoms with Crippen molar-refractivity contribution in [2.24, 2.45) is 0 Å². The average Bonchev–Trinajstić information content (AvgIpc) is 2.77. The molecule has 0 spiro atoms. The van der Waals surface area contributed by atoms with E-state index in [1.165, 1.54) is 75.8 Å². The molecule has 0 atom stereocenters. The SMILES string of the molecule is COc1cccc(CCCCCCCCN2CCN(c3ccccc3)CC2)c1. The summed E-state index contributed by atoms with van der Waals surface area (Å²) < 4.78 is 5.30. The predicted molar refractivity (Wildman–Crippen MR) is 119 cm³/mol. The van der Waals surface area contributed by atoms with Gasteiger partial charge in [0.25, 0.3) is 0 Å². The summed E-state index contributed by atoms with van der Waals surface area (Å²) >= 11 is 0. The molecule has 0 unspecified atom stereocenters. The molecule has 0 radical (unpaired) electrons. The second kappa shape index (κ2) is 11.8. The molecule has 0 N–H and O–H groups in total. The molecule has 1 fully saturated rings. The van der Waals surface area contributed by atoms with E-state index in [1.807, 2.05) is 6.07 Å². The third kappa shape index (κ3) is 6.87. The molecule has 1 aliphatic rings. The molecule has 3 rings (SSSR count). The number of para-hydroxylation sites is 1. The molecule has 0 aliphatic carbocycles. The van der Waals surface area contributed by atoms with Gasteiger partial charge in [-0.05, 0) is 55.6 Å². The Labute approximate surface area is 171 Å². The second-order valence-electron chi connectivity index (χ2n) is 7.89. The molecule has 2 aromatic rings. The normalized spacial score (nSPS) is 15.0. The lowest BCUT2D eigenvalue weighted by Gasteiger charge is -2.36. The van der Waals surface area contributed by atoms with Crippen LogP contribution < -0.4 is 9.64 Å². The Balaban J connectivity index is 1.19. The zero-order valence-electron chi connectivity index (χ0n) is 17.5. The Morgan fingerprint density at radius 1 is 0.750 bits per heavy atom. The van der Waals surface area contributed by atoms with Crippen molar-refractivity contribution in [3.63, 3.8) is 0 Å². The molecule has 1 heterocycles. The second-order valence-corrected chi connectivity index (χ2v) is 7.89. The van der Waals surface area contributed by atoms with Gasteiger partial charge in [0.2, 0.25) is 0 Å². The van der Waals surface area contributed by atoms with Gasteiger partial charge in [-0.1, -0.05) is 56.0 Å². The van der Waals surface area contributed by atoms with Crippen LogP contribution in [0.3, 0.4) is 0 Å². The Morgan fingerprint density at radius 2 is 1.46 bits per heavy atom. The lowest BCUT2D eigenvalue weighted by atomic mass is 10.0. The molecule has 1 saturated heterocycles. The molecule has 2 aromatic carbocycles. The summed E-state index contributed by atoms with van der Waals surface area (Å²) in [6.07, 6.45) is 9.26. The smallest absolute Gasteiger partial charge is 0.119 e. The Hall–Kier alpha value is -2.00. The van der Waals surface area contributed by atoms with E-state index in [0.29, 0.717) is 0 Å². The summed E-state index contributed by atoms with van der Waals surface area (Å²) in [5, 5.41) is 0. The summed E-state index contributed by atoms with van der Waals surface area (Å²) in [6.45, 7) is 6.00. The van der Waals surface area contributed by atoms with Crippen molar-refractivity contribution < 1.29 is 4.74 Å². The maximum absolute atomic E-state index is 5.30. The van der Waals surface area contributed by atoms with Crippen LogP contribution in [0.25, 0.3) is 0 Å². The number of hydrogen-bond donors (Lipinski definition) is 0. The van der Waals surface area contributed by atoms with Crippen LogP contribution in [0.15, 0.2) is 54.6 Å². The van der Waals surface area contributed by atoms with Crippen molar-refractivity contribution in [3.05, 3.63) is 60.2 Å². The number of methoxy groups -OCH3 is 1. The Morgan fingerprint density at radius 3 is 2.21 bits per heavy atom. The van der Waals surface area contributed by atoms with E-state index in [0.717, 1.165) is 18.8 Å². The highest BCUT2D eigenvalue weighted by Gasteiger charge is 2.16. The molecule has 0 saturated carbocycles. The zero-order chi connectivity index (χ0) is 19.4. The van der Waals surface area contributed by atoms with Crippen molar-refractivity contribution in [1.82, 2.24) is 4.90 Å². The molecule has 0 amide bonds. The van der Waals surface area contributed by atoms with Crippen molar-refractivity contribution in [3.8, 4) is 5.75 Å². The Kier molecular flexibility index (Phi) is 8.70. The number of aryl methyl sites for hydroxylation is 1. The number of ether oxygens (including phenoxy) is 1. The van der Waals surface area contributed by atoms with Crippen LogP contribution in [0.2, 0.25) is 0 Å². The quantitative estimate of drug-likeness (QED) is 0.485. The largest absolute Gasteiger partial charge is 0.497 e. The number of anilines is 1. The molecular weight excluding hydrogens is 344 g/mol. The molecule has 1 aliphatic heterocycles. The Bertz CT molecular complexity index is 665. The number of rotatable bonds is 11. The topological polar surface area (TPSA) is 15.7 Å². The highest BCUT2D eigenvalue weighted by atomic mass is 16.5. The maximum Gasteiger partial charge on any atom is 0.119 e. The first kappa shape index (κ1) is 20.7. The van der Waals surface area contributed by atoms with E-state index in [-0.39, 0.29) is 0 Å². The van der Waals surface area contributed by atoms with Gasteiger partial charge in [-0.3, -0.25) is 4.90 Å². The summed E-state index contributed by atoms with van der Waals surface area (Å²) in [7, 11) is 1.74. The van der Waals surface area contributed by atoms with Crippen LogP contribution >= 0.6 is 0 Å². The van der Waals surface area contributed by atoms with E-state index in [1.54, 1.807) is 7.11 Å². The van der Waals surface area contributed by atoms with Crippen LogP contribution in [0, 0.1) is 0 Å². The minimum Gasteiger partial charge on any atom is -0.497 e. The first-order valence-electron chi connectivity index (χ1n) is 11.0. The van der Waals surface area contributed by atoms with Gasteiger partial charge < -0.3 is 9.64 Å². The molecule has 28 heavy (non-hydrogen) atoms. The molecular formula is C25H36N2O. The van der Waals surface area contributed by atoms with Gasteiger partial charge in [0.15, 0.2) is 0 Å². The van der Waals surface area contributed by atoms with Crippen LogP contribution in [-0.2, 0) is 6.42 Å². The fourth-order valence-electron chi connectivity index (χ4n) is 4.07. The molecule has 3 heteroatoms. The number of hydrogen-bond acceptors (Lipinski definition) is 3. The standard InChI is InChI=1S/C25H36N2O/c1-28-25-16-11-13-23(22-25)12-7-4-2-3-5-10-17-26-18-20-27(21-19-26)24-14-8-6-9-15-24/h6,8-9,11,13-16,22H,2-5,7,10,12,17-21H2,1H3. The highest BCUT2D eigenvalue weighted by molar-refractivity contribution is 5.46. The summed E-state index contributed by atoms with van der Waals surface area (Å²) in [6, 6.07) is 19.3. The summed E-state index contributed by atoms with van der Waals surface area (Å²) in [5.41, 5.74) is 2.77. The first-order chi connectivity index (χ1) is 13.8. The average molecular weight is 381 g/mol. The minimum atomic E-state index is 0.974. The van der Waals surface area contributed by atoms with Crippen molar-refractivity contribution in [2.75, 3.05) is 44.7 Å². The monoisotopic (exact) mass is 380 g/mol. The lowest BCUT2D eigenvalue weighted by molar-refractivity contribution is 0.252. The van der Waals surface area contributed by atoms with Crippen LogP contribution in [0.5, 0.6) is 5.75 Å².